The Morgan fingerprint density at radius 2 is 1.62 bits per heavy atom. The molecule has 0 aromatic heterocycles. The third-order valence-corrected chi connectivity index (χ3v) is 6.58. The van der Waals surface area contributed by atoms with Crippen LogP contribution in [0.3, 0.4) is 0 Å². The summed E-state index contributed by atoms with van der Waals surface area (Å²) in [6, 6.07) is 20.1. The highest BCUT2D eigenvalue weighted by Crippen LogP contribution is 2.29. The van der Waals surface area contributed by atoms with Crippen LogP contribution < -0.4 is 31.8 Å². The van der Waals surface area contributed by atoms with E-state index in [1.807, 2.05) is 13.1 Å². The molecular formula is C30H34N8O4. The lowest BCUT2D eigenvalue weighted by atomic mass is 10.2. The first kappa shape index (κ1) is 29.6. The standard InChI is InChI=1S/C30H34N8O4/c1-36(21-8-9-21)18-4-7-27(40)37(2)23-6-3-5-20(19-23)34-30(33)28(29(31)32)38(35-41)22-10-14-25(15-11-22)42-26-16-12-24(39)13-17-26/h3-7,10-17,19,21,39H,8-9,18,31-32H2,1-2H3,(H2,33,34)/b7-4+. The van der Waals surface area contributed by atoms with E-state index in [0.29, 0.717) is 41.1 Å². The van der Waals surface area contributed by atoms with E-state index < -0.39 is 0 Å². The van der Waals surface area contributed by atoms with Gasteiger partial charge in [0.05, 0.1) is 16.7 Å². The van der Waals surface area contributed by atoms with Crippen LogP contribution in [-0.4, -0.2) is 48.4 Å². The van der Waals surface area contributed by atoms with E-state index in [9.17, 15) is 14.8 Å². The number of amides is 1. The van der Waals surface area contributed by atoms with Gasteiger partial charge in [0.25, 0.3) is 0 Å². The fraction of sp³-hybridized carbons (Fsp3) is 0.200. The fourth-order valence-corrected chi connectivity index (χ4v) is 4.09. The monoisotopic (exact) mass is 570 g/mol. The number of aliphatic imine (C=N–C) groups is 1. The van der Waals surface area contributed by atoms with Gasteiger partial charge in [0.1, 0.15) is 28.8 Å². The smallest absolute Gasteiger partial charge is 0.250 e. The molecule has 0 unspecified atom stereocenters. The predicted octanol–water partition coefficient (Wildman–Crippen LogP) is 4.06. The van der Waals surface area contributed by atoms with Crippen LogP contribution in [0.4, 0.5) is 17.1 Å². The van der Waals surface area contributed by atoms with Crippen molar-refractivity contribution in [2.24, 2.45) is 27.5 Å². The van der Waals surface area contributed by atoms with Crippen molar-refractivity contribution in [1.29, 1.82) is 0 Å². The summed E-state index contributed by atoms with van der Waals surface area (Å²) in [6.07, 6.45) is 5.80. The predicted molar refractivity (Wildman–Crippen MR) is 164 cm³/mol. The molecule has 42 heavy (non-hydrogen) atoms. The topological polar surface area (TPSA) is 176 Å². The number of nitroso groups, excluding NO2 is 1. The van der Waals surface area contributed by atoms with Crippen LogP contribution in [-0.2, 0) is 4.79 Å². The van der Waals surface area contributed by atoms with Gasteiger partial charge in [-0.2, -0.15) is 5.01 Å². The molecule has 0 saturated heterocycles. The molecule has 0 aliphatic heterocycles. The van der Waals surface area contributed by atoms with Crippen LogP contribution in [0.2, 0.25) is 0 Å². The van der Waals surface area contributed by atoms with Crippen LogP contribution >= 0.6 is 0 Å². The van der Waals surface area contributed by atoms with Gasteiger partial charge in [-0.1, -0.05) is 12.1 Å². The minimum Gasteiger partial charge on any atom is -0.508 e. The SMILES string of the molecule is CN(C(=O)/C=C/CN(C)C1CC1)c1cccc(N=C(N)C(=C(N)N)N(N=O)c2ccc(Oc3ccc(O)cc3)cc2)c1. The highest BCUT2D eigenvalue weighted by Gasteiger charge is 2.25. The first-order valence-electron chi connectivity index (χ1n) is 13.2. The third-order valence-electron chi connectivity index (χ3n) is 6.58. The number of amidine groups is 1. The molecule has 4 rings (SSSR count). The van der Waals surface area contributed by atoms with Crippen LogP contribution in [0.5, 0.6) is 17.2 Å². The number of rotatable bonds is 12. The van der Waals surface area contributed by atoms with Crippen LogP contribution in [0, 0.1) is 4.91 Å². The Bertz CT molecular complexity index is 1490. The maximum Gasteiger partial charge on any atom is 0.250 e. The zero-order valence-corrected chi connectivity index (χ0v) is 23.4. The van der Waals surface area contributed by atoms with Gasteiger partial charge in [-0.25, -0.2) is 4.99 Å². The number of anilines is 2. The molecule has 3 aromatic carbocycles. The number of hydrogen-bond acceptors (Lipinski definition) is 9. The number of nitrogens with zero attached hydrogens (tertiary/aromatic N) is 5. The second kappa shape index (κ2) is 13.3. The van der Waals surface area contributed by atoms with Crippen molar-refractivity contribution in [2.75, 3.05) is 30.5 Å². The van der Waals surface area contributed by atoms with Gasteiger partial charge in [0, 0.05) is 31.4 Å². The van der Waals surface area contributed by atoms with Gasteiger partial charge in [-0.3, -0.25) is 9.69 Å². The molecule has 0 radical (unpaired) electrons. The summed E-state index contributed by atoms with van der Waals surface area (Å²) in [5, 5.41) is 13.4. The number of aromatic hydroxyl groups is 1. The highest BCUT2D eigenvalue weighted by atomic mass is 16.5. The number of benzene rings is 3. The van der Waals surface area contributed by atoms with E-state index in [2.05, 4.69) is 15.2 Å². The number of phenolic OH excluding ortho intramolecular Hbond substituents is 1. The third kappa shape index (κ3) is 7.64. The van der Waals surface area contributed by atoms with Gasteiger partial charge in [0.2, 0.25) is 5.91 Å². The second-order valence-corrected chi connectivity index (χ2v) is 9.77. The summed E-state index contributed by atoms with van der Waals surface area (Å²) in [6.45, 7) is 0.705. The van der Waals surface area contributed by atoms with Crippen molar-refractivity contribution in [2.45, 2.75) is 18.9 Å². The Morgan fingerprint density at radius 3 is 2.21 bits per heavy atom. The number of carbonyl (C=O) groups excluding carboxylic acids is 1. The number of hydrogen-bond donors (Lipinski definition) is 4. The zero-order chi connectivity index (χ0) is 30.2. The van der Waals surface area contributed by atoms with Crippen molar-refractivity contribution < 1.29 is 14.6 Å². The number of carbonyl (C=O) groups is 1. The van der Waals surface area contributed by atoms with Crippen molar-refractivity contribution >= 4 is 28.8 Å². The minimum absolute atomic E-state index is 0.102. The number of nitrogens with two attached hydrogens (primary N) is 3. The quantitative estimate of drug-likeness (QED) is 0.0822. The summed E-state index contributed by atoms with van der Waals surface area (Å²) in [5.41, 5.74) is 19.3. The normalized spacial score (nSPS) is 13.2. The van der Waals surface area contributed by atoms with Gasteiger partial charge >= 0.3 is 0 Å². The molecular weight excluding hydrogens is 536 g/mol. The average Bonchev–Trinajstić information content (AvgIpc) is 3.83. The van der Waals surface area contributed by atoms with E-state index in [-0.39, 0.29) is 29.0 Å². The summed E-state index contributed by atoms with van der Waals surface area (Å²) in [7, 11) is 3.71. The second-order valence-electron chi connectivity index (χ2n) is 9.77. The lowest BCUT2D eigenvalue weighted by Crippen LogP contribution is -2.33. The lowest BCUT2D eigenvalue weighted by Gasteiger charge is -2.20. The van der Waals surface area contributed by atoms with Gasteiger partial charge in [0.15, 0.2) is 5.84 Å². The van der Waals surface area contributed by atoms with Crippen molar-refractivity contribution in [3.8, 4) is 17.2 Å². The molecule has 3 aromatic rings. The molecule has 0 spiro atoms. The number of ether oxygens (including phenoxy) is 1. The van der Waals surface area contributed by atoms with Crippen LogP contribution in [0.25, 0.3) is 0 Å². The largest absolute Gasteiger partial charge is 0.508 e. The Labute approximate surface area is 243 Å². The molecule has 0 heterocycles. The van der Waals surface area contributed by atoms with Crippen LogP contribution in [0.1, 0.15) is 12.8 Å². The van der Waals surface area contributed by atoms with E-state index in [1.54, 1.807) is 73.8 Å². The first-order valence-corrected chi connectivity index (χ1v) is 13.2. The Hall–Kier alpha value is -5.36. The van der Waals surface area contributed by atoms with Crippen LogP contribution in [0.15, 0.2) is 107 Å². The molecule has 1 fully saturated rings. The summed E-state index contributed by atoms with van der Waals surface area (Å²) >= 11 is 0. The molecule has 0 bridgehead atoms. The Morgan fingerprint density at radius 1 is 0.976 bits per heavy atom. The number of likely N-dealkylation sites (N-methyl/N-ethyl adjacent to an activating group) is 2. The molecule has 0 atom stereocenters. The Balaban J connectivity index is 1.49. The van der Waals surface area contributed by atoms with E-state index >= 15 is 0 Å². The molecule has 1 saturated carbocycles. The summed E-state index contributed by atoms with van der Waals surface area (Å²) in [4.78, 5) is 32.7. The maximum atomic E-state index is 12.7. The minimum atomic E-state index is -0.273. The van der Waals surface area contributed by atoms with E-state index in [0.717, 1.165) is 5.01 Å². The molecule has 12 heteroatoms. The van der Waals surface area contributed by atoms with Crippen molar-refractivity contribution in [3.63, 3.8) is 0 Å². The molecule has 1 aliphatic carbocycles. The maximum absolute atomic E-state index is 12.7. The zero-order valence-electron chi connectivity index (χ0n) is 23.4. The molecule has 218 valence electrons. The van der Waals surface area contributed by atoms with Gasteiger partial charge in [-0.05, 0) is 86.6 Å². The van der Waals surface area contributed by atoms with Crippen molar-refractivity contribution in [3.05, 3.63) is 101 Å². The molecule has 1 aliphatic rings. The number of phenols is 1. The van der Waals surface area contributed by atoms with E-state index in [1.165, 1.54) is 29.9 Å². The highest BCUT2D eigenvalue weighted by molar-refractivity contribution is 6.03. The lowest BCUT2D eigenvalue weighted by molar-refractivity contribution is -0.113. The molecule has 1 amide bonds. The van der Waals surface area contributed by atoms with Crippen molar-refractivity contribution in [1.82, 2.24) is 4.90 Å². The fourth-order valence-electron chi connectivity index (χ4n) is 4.09. The molecule has 7 N–H and O–H groups in total. The average molecular weight is 571 g/mol. The Kier molecular flexibility index (Phi) is 9.40. The van der Waals surface area contributed by atoms with Gasteiger partial charge in [-0.15, -0.1) is 4.91 Å². The summed E-state index contributed by atoms with van der Waals surface area (Å²) in [5.74, 6) is 0.493. The van der Waals surface area contributed by atoms with Gasteiger partial charge < -0.3 is 31.9 Å². The molecule has 12 nitrogen and oxygen atoms in total. The summed E-state index contributed by atoms with van der Waals surface area (Å²) < 4.78 is 5.74. The first-order chi connectivity index (χ1) is 20.2. The van der Waals surface area contributed by atoms with E-state index in [4.69, 9.17) is 21.9 Å².